The van der Waals surface area contributed by atoms with E-state index in [2.05, 4.69) is 20.2 Å². The molecule has 1 amide bonds. The number of sulfonamides is 1. The van der Waals surface area contributed by atoms with Crippen molar-refractivity contribution in [3.05, 3.63) is 66.4 Å². The number of nitrogens with one attached hydrogen (secondary N) is 3. The van der Waals surface area contributed by atoms with Crippen LogP contribution >= 0.6 is 0 Å². The van der Waals surface area contributed by atoms with Gasteiger partial charge in [0.15, 0.2) is 0 Å². The Bertz CT molecular complexity index is 1010. The van der Waals surface area contributed by atoms with Gasteiger partial charge in [0.1, 0.15) is 0 Å². The minimum absolute atomic E-state index is 0.108. The number of amides is 1. The molecule has 0 bridgehead atoms. The number of carbonyl (C=O) groups excluding carboxylic acids is 1. The number of hydrogen-bond acceptors (Lipinski definition) is 4. The third-order valence-corrected chi connectivity index (χ3v) is 5.53. The first kappa shape index (κ1) is 18.8. The largest absolute Gasteiger partial charge is 0.326 e. The molecule has 0 aliphatic heterocycles. The molecule has 0 saturated carbocycles. The maximum absolute atomic E-state index is 12.2. The van der Waals surface area contributed by atoms with Crippen LogP contribution in [-0.4, -0.2) is 31.6 Å². The van der Waals surface area contributed by atoms with E-state index in [0.717, 1.165) is 16.8 Å². The molecule has 1 heterocycles. The zero-order chi connectivity index (χ0) is 19.3. The zero-order valence-corrected chi connectivity index (χ0v) is 15.6. The van der Waals surface area contributed by atoms with Gasteiger partial charge in [0, 0.05) is 23.9 Å². The molecule has 27 heavy (non-hydrogen) atoms. The fourth-order valence-electron chi connectivity index (χ4n) is 2.62. The molecule has 0 spiro atoms. The van der Waals surface area contributed by atoms with Gasteiger partial charge in [-0.3, -0.25) is 9.89 Å². The standard InChI is InChI=1S/C19H20N4O3S/c1-20-27(25,26)17-8-5-14(6-9-17)7-10-19(24)22-16-4-2-3-15(13-16)18-11-12-21-23-18/h2-6,8-9,11-13,20H,7,10H2,1H3,(H,21,23)(H,22,24). The first-order chi connectivity index (χ1) is 13.0. The van der Waals surface area contributed by atoms with Crippen LogP contribution in [0.3, 0.4) is 0 Å². The molecule has 0 unspecified atom stereocenters. The Morgan fingerprint density at radius 3 is 2.56 bits per heavy atom. The Morgan fingerprint density at radius 2 is 1.89 bits per heavy atom. The summed E-state index contributed by atoms with van der Waals surface area (Å²) >= 11 is 0. The topological polar surface area (TPSA) is 104 Å². The molecular formula is C19H20N4O3S. The van der Waals surface area contributed by atoms with Crippen molar-refractivity contribution in [1.82, 2.24) is 14.9 Å². The second-order valence-corrected chi connectivity index (χ2v) is 7.84. The molecule has 7 nitrogen and oxygen atoms in total. The van der Waals surface area contributed by atoms with Crippen LogP contribution in [0.25, 0.3) is 11.3 Å². The van der Waals surface area contributed by atoms with Gasteiger partial charge in [-0.05, 0) is 49.4 Å². The van der Waals surface area contributed by atoms with Crippen molar-refractivity contribution in [3.8, 4) is 11.3 Å². The number of hydrogen-bond donors (Lipinski definition) is 3. The first-order valence-electron chi connectivity index (χ1n) is 8.40. The molecule has 0 atom stereocenters. The van der Waals surface area contributed by atoms with Crippen molar-refractivity contribution >= 4 is 21.6 Å². The summed E-state index contributed by atoms with van der Waals surface area (Å²) in [4.78, 5) is 12.4. The van der Waals surface area contributed by atoms with Crippen LogP contribution in [0, 0.1) is 0 Å². The van der Waals surface area contributed by atoms with Gasteiger partial charge in [-0.25, -0.2) is 13.1 Å². The number of nitrogens with zero attached hydrogens (tertiary/aromatic N) is 1. The lowest BCUT2D eigenvalue weighted by Gasteiger charge is -2.08. The van der Waals surface area contributed by atoms with E-state index in [1.165, 1.54) is 19.2 Å². The highest BCUT2D eigenvalue weighted by molar-refractivity contribution is 7.89. The Balaban J connectivity index is 1.58. The van der Waals surface area contributed by atoms with Crippen LogP contribution in [0.2, 0.25) is 0 Å². The second-order valence-electron chi connectivity index (χ2n) is 5.95. The van der Waals surface area contributed by atoms with E-state index in [4.69, 9.17) is 0 Å². The number of aryl methyl sites for hydroxylation is 1. The van der Waals surface area contributed by atoms with Gasteiger partial charge >= 0.3 is 0 Å². The third kappa shape index (κ3) is 4.81. The molecule has 0 aliphatic rings. The third-order valence-electron chi connectivity index (χ3n) is 4.10. The molecular weight excluding hydrogens is 364 g/mol. The van der Waals surface area contributed by atoms with Crippen LogP contribution in [0.15, 0.2) is 65.7 Å². The molecule has 3 rings (SSSR count). The number of carbonyl (C=O) groups is 1. The monoisotopic (exact) mass is 384 g/mol. The molecule has 0 aliphatic carbocycles. The van der Waals surface area contributed by atoms with E-state index in [-0.39, 0.29) is 10.8 Å². The van der Waals surface area contributed by atoms with Crippen LogP contribution in [0.4, 0.5) is 5.69 Å². The minimum atomic E-state index is -3.45. The number of benzene rings is 2. The summed E-state index contributed by atoms with van der Waals surface area (Å²) in [6.07, 6.45) is 2.49. The highest BCUT2D eigenvalue weighted by atomic mass is 32.2. The summed E-state index contributed by atoms with van der Waals surface area (Å²) in [6, 6.07) is 15.9. The van der Waals surface area contributed by atoms with Crippen LogP contribution in [0.5, 0.6) is 0 Å². The number of H-pyrrole nitrogens is 1. The molecule has 3 aromatic rings. The lowest BCUT2D eigenvalue weighted by molar-refractivity contribution is -0.116. The Hall–Kier alpha value is -2.97. The number of rotatable bonds is 7. The summed E-state index contributed by atoms with van der Waals surface area (Å²) in [5.74, 6) is -0.108. The molecule has 8 heteroatoms. The van der Waals surface area contributed by atoms with E-state index < -0.39 is 10.0 Å². The van der Waals surface area contributed by atoms with Crippen molar-refractivity contribution in [2.24, 2.45) is 0 Å². The van der Waals surface area contributed by atoms with E-state index >= 15 is 0 Å². The van der Waals surface area contributed by atoms with Gasteiger partial charge in [-0.1, -0.05) is 24.3 Å². The molecule has 140 valence electrons. The first-order valence-corrected chi connectivity index (χ1v) is 9.88. The van der Waals surface area contributed by atoms with Gasteiger partial charge in [0.2, 0.25) is 15.9 Å². The Kier molecular flexibility index (Phi) is 5.68. The highest BCUT2D eigenvalue weighted by Gasteiger charge is 2.11. The smallest absolute Gasteiger partial charge is 0.240 e. The quantitative estimate of drug-likeness (QED) is 0.582. The average Bonchev–Trinajstić information content (AvgIpc) is 3.22. The van der Waals surface area contributed by atoms with Crippen molar-refractivity contribution < 1.29 is 13.2 Å². The predicted octanol–water partition coefficient (Wildman–Crippen LogP) is 2.56. The fraction of sp³-hybridized carbons (Fsp3) is 0.158. The van der Waals surface area contributed by atoms with Crippen molar-refractivity contribution in [1.29, 1.82) is 0 Å². The fourth-order valence-corrected chi connectivity index (χ4v) is 3.35. The number of aromatic amines is 1. The van der Waals surface area contributed by atoms with E-state index in [9.17, 15) is 13.2 Å². The van der Waals surface area contributed by atoms with E-state index in [1.807, 2.05) is 30.3 Å². The van der Waals surface area contributed by atoms with Gasteiger partial charge in [0.05, 0.1) is 10.6 Å². The SMILES string of the molecule is CNS(=O)(=O)c1ccc(CCC(=O)Nc2cccc(-c3ccn[nH]3)c2)cc1. The zero-order valence-electron chi connectivity index (χ0n) is 14.8. The maximum atomic E-state index is 12.2. The lowest BCUT2D eigenvalue weighted by Crippen LogP contribution is -2.18. The van der Waals surface area contributed by atoms with E-state index in [0.29, 0.717) is 18.5 Å². The molecule has 0 fully saturated rings. The molecule has 1 aromatic heterocycles. The lowest BCUT2D eigenvalue weighted by atomic mass is 10.1. The normalized spacial score (nSPS) is 11.3. The summed E-state index contributed by atoms with van der Waals surface area (Å²) in [5.41, 5.74) is 3.42. The summed E-state index contributed by atoms with van der Waals surface area (Å²) in [7, 11) is -2.08. The van der Waals surface area contributed by atoms with Crippen LogP contribution in [-0.2, 0) is 21.2 Å². The maximum Gasteiger partial charge on any atom is 0.240 e. The number of anilines is 1. The van der Waals surface area contributed by atoms with Crippen molar-refractivity contribution in [3.63, 3.8) is 0 Å². The molecule has 0 saturated heterocycles. The number of aromatic nitrogens is 2. The predicted molar refractivity (Wildman–Crippen MR) is 104 cm³/mol. The van der Waals surface area contributed by atoms with Gasteiger partial charge in [0.25, 0.3) is 0 Å². The molecule has 2 aromatic carbocycles. The van der Waals surface area contributed by atoms with Gasteiger partial charge in [-0.15, -0.1) is 0 Å². The molecule has 0 radical (unpaired) electrons. The summed E-state index contributed by atoms with van der Waals surface area (Å²) < 4.78 is 25.7. The summed E-state index contributed by atoms with van der Waals surface area (Å²) in [6.45, 7) is 0. The van der Waals surface area contributed by atoms with E-state index in [1.54, 1.807) is 18.3 Å². The van der Waals surface area contributed by atoms with Gasteiger partial charge in [-0.2, -0.15) is 5.10 Å². The van der Waals surface area contributed by atoms with Gasteiger partial charge < -0.3 is 5.32 Å². The highest BCUT2D eigenvalue weighted by Crippen LogP contribution is 2.20. The van der Waals surface area contributed by atoms with Crippen molar-refractivity contribution in [2.45, 2.75) is 17.7 Å². The van der Waals surface area contributed by atoms with Crippen LogP contribution in [0.1, 0.15) is 12.0 Å². The Labute approximate surface area is 157 Å². The van der Waals surface area contributed by atoms with Crippen LogP contribution < -0.4 is 10.0 Å². The average molecular weight is 384 g/mol. The van der Waals surface area contributed by atoms with Crippen molar-refractivity contribution in [2.75, 3.05) is 12.4 Å². The second kappa shape index (κ2) is 8.15. The summed E-state index contributed by atoms with van der Waals surface area (Å²) in [5, 5.41) is 9.70. The Morgan fingerprint density at radius 1 is 1.11 bits per heavy atom. The minimum Gasteiger partial charge on any atom is -0.326 e. The molecule has 3 N–H and O–H groups in total.